The number of H-pyrrole nitrogens is 1. The third-order valence-electron chi connectivity index (χ3n) is 5.60. The molecule has 0 saturated carbocycles. The molecule has 2 aromatic carbocycles. The zero-order valence-corrected chi connectivity index (χ0v) is 18.1. The summed E-state index contributed by atoms with van der Waals surface area (Å²) in [6, 6.07) is 9.89. The second-order valence-corrected chi connectivity index (χ2v) is 8.29. The molecule has 7 nitrogen and oxygen atoms in total. The van der Waals surface area contributed by atoms with Crippen LogP contribution in [0, 0.1) is 6.92 Å². The summed E-state index contributed by atoms with van der Waals surface area (Å²) in [5.41, 5.74) is 3.60. The van der Waals surface area contributed by atoms with E-state index in [9.17, 15) is 14.7 Å². The lowest BCUT2D eigenvalue weighted by atomic mass is 10.1. The molecule has 3 aromatic rings. The summed E-state index contributed by atoms with van der Waals surface area (Å²) >= 11 is 6.01. The van der Waals surface area contributed by atoms with E-state index in [2.05, 4.69) is 15.3 Å². The van der Waals surface area contributed by atoms with E-state index in [-0.39, 0.29) is 18.4 Å². The van der Waals surface area contributed by atoms with Crippen LogP contribution in [0.3, 0.4) is 0 Å². The number of fused-ring (bicyclic) bond motifs is 1. The minimum Gasteiger partial charge on any atom is -0.394 e. The maximum Gasteiger partial charge on any atom is 0.251 e. The van der Waals surface area contributed by atoms with E-state index in [1.807, 2.05) is 17.9 Å². The first-order valence-electron chi connectivity index (χ1n) is 10.4. The van der Waals surface area contributed by atoms with Crippen molar-refractivity contribution in [3.05, 3.63) is 58.4 Å². The monoisotopic (exact) mass is 440 g/mol. The summed E-state index contributed by atoms with van der Waals surface area (Å²) in [6.07, 6.45) is 3.51. The number of aliphatic hydroxyl groups excluding tert-OH is 1. The molecule has 0 bridgehead atoms. The molecular formula is C23H25ClN4O3. The molecule has 1 aliphatic rings. The van der Waals surface area contributed by atoms with E-state index in [1.54, 1.807) is 30.3 Å². The maximum absolute atomic E-state index is 12.9. The molecule has 1 aromatic heterocycles. The maximum atomic E-state index is 12.9. The predicted octanol–water partition coefficient (Wildman–Crippen LogP) is 3.90. The number of rotatable bonds is 5. The number of aryl methyl sites for hydroxylation is 1. The van der Waals surface area contributed by atoms with Gasteiger partial charge in [0.25, 0.3) is 5.91 Å². The smallest absolute Gasteiger partial charge is 0.251 e. The van der Waals surface area contributed by atoms with Crippen LogP contribution in [0.25, 0.3) is 11.0 Å². The molecule has 8 heteroatoms. The second kappa shape index (κ2) is 9.08. The number of nitrogens with zero attached hydrogens (tertiary/aromatic N) is 2. The molecule has 1 saturated heterocycles. The van der Waals surface area contributed by atoms with Crippen molar-refractivity contribution in [3.63, 3.8) is 0 Å². The largest absolute Gasteiger partial charge is 0.394 e. The fourth-order valence-electron chi connectivity index (χ4n) is 3.94. The number of aliphatic hydroxyl groups is 1. The SMILES string of the molecule is Cc1cc(C(=O)N[C@@H](CO)c2nc3cc(Cl)ccc3[nH]2)ccc1N1CCCCCC1=O. The number of benzene rings is 2. The summed E-state index contributed by atoms with van der Waals surface area (Å²) in [5.74, 6) is 0.258. The van der Waals surface area contributed by atoms with Gasteiger partial charge in [0.05, 0.1) is 17.6 Å². The Bertz CT molecular complexity index is 1130. The zero-order chi connectivity index (χ0) is 22.0. The van der Waals surface area contributed by atoms with Crippen LogP contribution in [0.2, 0.25) is 5.02 Å². The van der Waals surface area contributed by atoms with Gasteiger partial charge in [-0.15, -0.1) is 0 Å². The van der Waals surface area contributed by atoms with E-state index in [1.165, 1.54) is 0 Å². The normalized spacial score (nSPS) is 15.7. The molecule has 2 heterocycles. The molecule has 2 amide bonds. The van der Waals surface area contributed by atoms with Gasteiger partial charge in [-0.05, 0) is 61.7 Å². The number of aromatic amines is 1. The number of hydrogen-bond donors (Lipinski definition) is 3. The summed E-state index contributed by atoms with van der Waals surface area (Å²) < 4.78 is 0. The van der Waals surface area contributed by atoms with Crippen molar-refractivity contribution in [2.75, 3.05) is 18.1 Å². The standard InChI is InChI=1S/C23H25ClN4O3/c1-14-11-15(6-9-20(14)28-10-4-2-3-5-21(28)30)23(31)27-19(13-29)22-25-17-8-7-16(24)12-18(17)26-22/h6-9,11-12,19,29H,2-5,10,13H2,1H3,(H,25,26)(H,27,31)/t19-/m0/s1. The highest BCUT2D eigenvalue weighted by atomic mass is 35.5. The highest BCUT2D eigenvalue weighted by molar-refractivity contribution is 6.31. The van der Waals surface area contributed by atoms with Gasteiger partial charge in [0.1, 0.15) is 11.9 Å². The first kappa shape index (κ1) is 21.3. The predicted molar refractivity (Wildman–Crippen MR) is 120 cm³/mol. The van der Waals surface area contributed by atoms with Crippen molar-refractivity contribution in [1.29, 1.82) is 0 Å². The lowest BCUT2D eigenvalue weighted by Crippen LogP contribution is -2.32. The average Bonchev–Trinajstić information content (AvgIpc) is 3.05. The number of hydrogen-bond acceptors (Lipinski definition) is 4. The van der Waals surface area contributed by atoms with Crippen molar-refractivity contribution in [3.8, 4) is 0 Å². The molecular weight excluding hydrogens is 416 g/mol. The van der Waals surface area contributed by atoms with Crippen LogP contribution < -0.4 is 10.2 Å². The number of nitrogens with one attached hydrogen (secondary N) is 2. The number of carbonyl (C=O) groups is 2. The van der Waals surface area contributed by atoms with Gasteiger partial charge in [-0.1, -0.05) is 18.0 Å². The third-order valence-corrected chi connectivity index (χ3v) is 5.84. The highest BCUT2D eigenvalue weighted by Gasteiger charge is 2.22. The van der Waals surface area contributed by atoms with Gasteiger partial charge < -0.3 is 20.3 Å². The van der Waals surface area contributed by atoms with Gasteiger partial charge in [-0.25, -0.2) is 4.98 Å². The number of carbonyl (C=O) groups excluding carboxylic acids is 2. The lowest BCUT2D eigenvalue weighted by Gasteiger charge is -2.23. The number of aromatic nitrogens is 2. The van der Waals surface area contributed by atoms with Gasteiger partial charge in [-0.3, -0.25) is 9.59 Å². The van der Waals surface area contributed by atoms with Crippen LogP contribution in [0.4, 0.5) is 5.69 Å². The second-order valence-electron chi connectivity index (χ2n) is 7.85. The van der Waals surface area contributed by atoms with Gasteiger partial charge in [0.2, 0.25) is 5.91 Å². The minimum absolute atomic E-state index is 0.128. The van der Waals surface area contributed by atoms with E-state index in [0.717, 1.165) is 36.0 Å². The molecule has 1 fully saturated rings. The molecule has 1 aliphatic heterocycles. The fraction of sp³-hybridized carbons (Fsp3) is 0.348. The van der Waals surface area contributed by atoms with E-state index in [0.29, 0.717) is 34.9 Å². The summed E-state index contributed by atoms with van der Waals surface area (Å²) in [5, 5.41) is 13.2. The minimum atomic E-state index is -0.689. The van der Waals surface area contributed by atoms with Crippen LogP contribution in [0.5, 0.6) is 0 Å². The van der Waals surface area contributed by atoms with Crippen LogP contribution in [-0.4, -0.2) is 40.0 Å². The highest BCUT2D eigenvalue weighted by Crippen LogP contribution is 2.26. The summed E-state index contributed by atoms with van der Waals surface area (Å²) in [7, 11) is 0. The molecule has 162 valence electrons. The Morgan fingerprint density at radius 1 is 1.26 bits per heavy atom. The summed E-state index contributed by atoms with van der Waals surface area (Å²) in [4.78, 5) is 34.7. The topological polar surface area (TPSA) is 98.3 Å². The average molecular weight is 441 g/mol. The van der Waals surface area contributed by atoms with E-state index < -0.39 is 6.04 Å². The van der Waals surface area contributed by atoms with Gasteiger partial charge >= 0.3 is 0 Å². The number of halogens is 1. The Morgan fingerprint density at radius 3 is 2.87 bits per heavy atom. The molecule has 3 N–H and O–H groups in total. The first-order valence-corrected chi connectivity index (χ1v) is 10.8. The number of amides is 2. The Balaban J connectivity index is 1.52. The van der Waals surface area contributed by atoms with Crippen LogP contribution in [-0.2, 0) is 4.79 Å². The quantitative estimate of drug-likeness (QED) is 0.560. The van der Waals surface area contributed by atoms with Crippen molar-refractivity contribution >= 4 is 40.1 Å². The van der Waals surface area contributed by atoms with Crippen molar-refractivity contribution in [2.24, 2.45) is 0 Å². The van der Waals surface area contributed by atoms with Crippen molar-refractivity contribution in [1.82, 2.24) is 15.3 Å². The molecule has 31 heavy (non-hydrogen) atoms. The molecule has 4 rings (SSSR count). The Morgan fingerprint density at radius 2 is 2.10 bits per heavy atom. The lowest BCUT2D eigenvalue weighted by molar-refractivity contribution is -0.118. The fourth-order valence-corrected chi connectivity index (χ4v) is 4.11. The van der Waals surface area contributed by atoms with E-state index >= 15 is 0 Å². The van der Waals surface area contributed by atoms with Gasteiger partial charge in [0, 0.05) is 29.2 Å². The van der Waals surface area contributed by atoms with Crippen molar-refractivity contribution in [2.45, 2.75) is 38.6 Å². The van der Waals surface area contributed by atoms with Crippen molar-refractivity contribution < 1.29 is 14.7 Å². The van der Waals surface area contributed by atoms with E-state index in [4.69, 9.17) is 11.6 Å². The molecule has 0 spiro atoms. The molecule has 1 atom stereocenters. The Hall–Kier alpha value is -2.90. The van der Waals surface area contributed by atoms with Crippen LogP contribution in [0.15, 0.2) is 36.4 Å². The number of imidazole rings is 1. The molecule has 0 unspecified atom stereocenters. The zero-order valence-electron chi connectivity index (χ0n) is 17.3. The third kappa shape index (κ3) is 4.57. The molecule has 0 aliphatic carbocycles. The summed E-state index contributed by atoms with van der Waals surface area (Å²) in [6.45, 7) is 2.29. The number of anilines is 1. The van der Waals surface area contributed by atoms with Gasteiger partial charge in [-0.2, -0.15) is 0 Å². The molecule has 0 radical (unpaired) electrons. The van der Waals surface area contributed by atoms with Gasteiger partial charge in [0.15, 0.2) is 0 Å². The van der Waals surface area contributed by atoms with Crippen LogP contribution in [0.1, 0.15) is 53.5 Å². The Labute approximate surface area is 185 Å². The first-order chi connectivity index (χ1) is 15.0. The Kier molecular flexibility index (Phi) is 6.25. The van der Waals surface area contributed by atoms with Crippen LogP contribution >= 0.6 is 11.6 Å².